The SMILES string of the molecule is COc1ccccc1OCCN1C(=O)S/C(=C\c2ccc(Oc3ccc([N+](=O)[O-])cc3[N+](=O)[O-])cc2)C1=O. The van der Waals surface area contributed by atoms with Crippen LogP contribution >= 0.6 is 11.8 Å². The predicted octanol–water partition coefficient (Wildman–Crippen LogP) is 5.42. The first-order chi connectivity index (χ1) is 18.3. The Kier molecular flexibility index (Phi) is 7.87. The van der Waals surface area contributed by atoms with E-state index in [9.17, 15) is 29.8 Å². The maximum atomic E-state index is 12.8. The van der Waals surface area contributed by atoms with Gasteiger partial charge < -0.3 is 14.2 Å². The van der Waals surface area contributed by atoms with Crippen molar-refractivity contribution in [1.29, 1.82) is 0 Å². The van der Waals surface area contributed by atoms with Crippen LogP contribution in [0.1, 0.15) is 5.56 Å². The molecule has 194 valence electrons. The Morgan fingerprint density at radius 2 is 1.63 bits per heavy atom. The lowest BCUT2D eigenvalue weighted by molar-refractivity contribution is -0.394. The summed E-state index contributed by atoms with van der Waals surface area (Å²) in [6.07, 6.45) is 1.55. The van der Waals surface area contributed by atoms with Crippen LogP contribution in [-0.4, -0.2) is 46.2 Å². The highest BCUT2D eigenvalue weighted by Gasteiger charge is 2.34. The summed E-state index contributed by atoms with van der Waals surface area (Å²) in [5.74, 6) is 0.659. The number of hydrogen-bond donors (Lipinski definition) is 0. The van der Waals surface area contributed by atoms with Crippen LogP contribution in [0.5, 0.6) is 23.0 Å². The van der Waals surface area contributed by atoms with E-state index in [-0.39, 0.29) is 29.6 Å². The van der Waals surface area contributed by atoms with E-state index in [4.69, 9.17) is 14.2 Å². The summed E-state index contributed by atoms with van der Waals surface area (Å²) < 4.78 is 16.4. The number of hydrogen-bond acceptors (Lipinski definition) is 10. The number of imide groups is 1. The molecule has 0 saturated carbocycles. The Balaban J connectivity index is 1.41. The molecule has 2 amide bonds. The van der Waals surface area contributed by atoms with Crippen LogP contribution in [0, 0.1) is 20.2 Å². The van der Waals surface area contributed by atoms with Crippen LogP contribution in [0.4, 0.5) is 16.2 Å². The van der Waals surface area contributed by atoms with Gasteiger partial charge >= 0.3 is 5.69 Å². The van der Waals surface area contributed by atoms with Gasteiger partial charge in [-0.05, 0) is 53.7 Å². The van der Waals surface area contributed by atoms with E-state index >= 15 is 0 Å². The van der Waals surface area contributed by atoms with Crippen LogP contribution in [0.3, 0.4) is 0 Å². The highest BCUT2D eigenvalue weighted by Crippen LogP contribution is 2.36. The number of carbonyl (C=O) groups excluding carboxylic acids is 2. The largest absolute Gasteiger partial charge is 0.493 e. The van der Waals surface area contributed by atoms with Crippen LogP contribution in [0.2, 0.25) is 0 Å². The molecule has 13 heteroatoms. The molecule has 3 aromatic carbocycles. The molecule has 12 nitrogen and oxygen atoms in total. The van der Waals surface area contributed by atoms with E-state index < -0.39 is 32.4 Å². The Morgan fingerprint density at radius 3 is 2.29 bits per heavy atom. The molecule has 0 unspecified atom stereocenters. The molecule has 0 atom stereocenters. The normalized spacial score (nSPS) is 14.0. The summed E-state index contributed by atoms with van der Waals surface area (Å²) in [7, 11) is 1.52. The number of nitrogens with zero attached hydrogens (tertiary/aromatic N) is 3. The highest BCUT2D eigenvalue weighted by molar-refractivity contribution is 8.18. The molecule has 0 aliphatic carbocycles. The molecular formula is C25H19N3O9S. The Labute approximate surface area is 219 Å². The van der Waals surface area contributed by atoms with Crippen molar-refractivity contribution in [3.63, 3.8) is 0 Å². The fourth-order valence-corrected chi connectivity index (χ4v) is 4.30. The average molecular weight is 538 g/mol. The number of para-hydroxylation sites is 2. The lowest BCUT2D eigenvalue weighted by Crippen LogP contribution is -2.32. The first-order valence-corrected chi connectivity index (χ1v) is 11.8. The zero-order chi connectivity index (χ0) is 27.2. The van der Waals surface area contributed by atoms with E-state index in [1.807, 2.05) is 0 Å². The summed E-state index contributed by atoms with van der Waals surface area (Å²) >= 11 is 0.803. The van der Waals surface area contributed by atoms with Crippen molar-refractivity contribution in [2.45, 2.75) is 0 Å². The van der Waals surface area contributed by atoms with Crippen molar-refractivity contribution < 1.29 is 33.6 Å². The maximum absolute atomic E-state index is 12.8. The van der Waals surface area contributed by atoms with Crippen molar-refractivity contribution in [2.24, 2.45) is 0 Å². The molecule has 38 heavy (non-hydrogen) atoms. The second kappa shape index (κ2) is 11.4. The number of thioether (sulfide) groups is 1. The number of rotatable bonds is 10. The molecule has 1 saturated heterocycles. The first kappa shape index (κ1) is 26.2. The molecule has 1 heterocycles. The fraction of sp³-hybridized carbons (Fsp3) is 0.120. The molecule has 1 aliphatic rings. The third kappa shape index (κ3) is 5.90. The van der Waals surface area contributed by atoms with E-state index in [0.717, 1.165) is 34.9 Å². The monoisotopic (exact) mass is 537 g/mol. The lowest BCUT2D eigenvalue weighted by Gasteiger charge is -2.14. The Hall–Kier alpha value is -4.91. The van der Waals surface area contributed by atoms with Gasteiger partial charge in [-0.2, -0.15) is 0 Å². The van der Waals surface area contributed by atoms with Crippen LogP contribution in [0.25, 0.3) is 6.08 Å². The lowest BCUT2D eigenvalue weighted by atomic mass is 10.2. The molecule has 0 aromatic heterocycles. The quantitative estimate of drug-likeness (QED) is 0.186. The van der Waals surface area contributed by atoms with E-state index in [0.29, 0.717) is 17.1 Å². The number of carbonyl (C=O) groups is 2. The molecule has 3 aromatic rings. The van der Waals surface area contributed by atoms with Gasteiger partial charge in [-0.1, -0.05) is 24.3 Å². The van der Waals surface area contributed by atoms with E-state index in [1.54, 1.807) is 42.5 Å². The highest BCUT2D eigenvalue weighted by atomic mass is 32.2. The van der Waals surface area contributed by atoms with Gasteiger partial charge in [0.2, 0.25) is 5.75 Å². The summed E-state index contributed by atoms with van der Waals surface area (Å²) in [5.41, 5.74) is -0.391. The molecule has 0 bridgehead atoms. The summed E-state index contributed by atoms with van der Waals surface area (Å²) in [5, 5.41) is 21.8. The molecular weight excluding hydrogens is 518 g/mol. The number of nitro groups is 2. The van der Waals surface area contributed by atoms with Crippen molar-refractivity contribution in [3.05, 3.63) is 97.4 Å². The number of ether oxygens (including phenoxy) is 3. The minimum atomic E-state index is -0.770. The third-order valence-electron chi connectivity index (χ3n) is 5.27. The minimum absolute atomic E-state index is 0.0564. The fourth-order valence-electron chi connectivity index (χ4n) is 3.44. The molecule has 1 fully saturated rings. The van der Waals surface area contributed by atoms with Gasteiger partial charge in [-0.3, -0.25) is 34.7 Å². The standard InChI is InChI=1S/C25H19N3O9S/c1-35-21-4-2-3-5-22(21)36-13-12-26-24(29)23(38-25(26)30)14-16-6-9-18(10-7-16)37-20-11-8-17(27(31)32)15-19(20)28(33)34/h2-11,14-15H,12-13H2,1H3/b23-14-. The third-order valence-corrected chi connectivity index (χ3v) is 6.18. The van der Waals surface area contributed by atoms with Gasteiger partial charge in [0.05, 0.1) is 34.5 Å². The van der Waals surface area contributed by atoms with Gasteiger partial charge in [0, 0.05) is 6.07 Å². The number of methoxy groups -OCH3 is 1. The Bertz CT molecular complexity index is 1440. The zero-order valence-corrected chi connectivity index (χ0v) is 20.6. The molecule has 0 N–H and O–H groups in total. The Morgan fingerprint density at radius 1 is 0.921 bits per heavy atom. The second-order valence-corrected chi connectivity index (χ2v) is 8.66. The number of amides is 2. The second-order valence-electron chi connectivity index (χ2n) is 7.67. The maximum Gasteiger partial charge on any atom is 0.318 e. The number of nitro benzene ring substituents is 2. The molecule has 1 aliphatic heterocycles. The first-order valence-electron chi connectivity index (χ1n) is 11.0. The summed E-state index contributed by atoms with van der Waals surface area (Å²) in [6, 6.07) is 16.4. The van der Waals surface area contributed by atoms with Gasteiger partial charge in [0.1, 0.15) is 12.4 Å². The van der Waals surface area contributed by atoms with Crippen LogP contribution in [0.15, 0.2) is 71.6 Å². The van der Waals surface area contributed by atoms with Gasteiger partial charge in [-0.15, -0.1) is 0 Å². The van der Waals surface area contributed by atoms with Crippen molar-refractivity contribution in [2.75, 3.05) is 20.3 Å². The number of benzene rings is 3. The van der Waals surface area contributed by atoms with Crippen molar-refractivity contribution in [1.82, 2.24) is 4.90 Å². The van der Waals surface area contributed by atoms with Gasteiger partial charge in [0.15, 0.2) is 11.5 Å². The number of non-ortho nitro benzene ring substituents is 1. The zero-order valence-electron chi connectivity index (χ0n) is 19.8. The van der Waals surface area contributed by atoms with E-state index in [1.165, 1.54) is 19.2 Å². The van der Waals surface area contributed by atoms with Crippen LogP contribution < -0.4 is 14.2 Å². The molecule has 0 spiro atoms. The van der Waals surface area contributed by atoms with Gasteiger partial charge in [-0.25, -0.2) is 0 Å². The molecule has 4 rings (SSSR count). The topological polar surface area (TPSA) is 151 Å². The summed E-state index contributed by atoms with van der Waals surface area (Å²) in [6.45, 7) is 0.146. The van der Waals surface area contributed by atoms with Crippen molar-refractivity contribution >= 4 is 40.4 Å². The average Bonchev–Trinajstić information content (AvgIpc) is 3.17. The van der Waals surface area contributed by atoms with E-state index in [2.05, 4.69) is 0 Å². The summed E-state index contributed by atoms with van der Waals surface area (Å²) in [4.78, 5) is 47.2. The van der Waals surface area contributed by atoms with Crippen molar-refractivity contribution in [3.8, 4) is 23.0 Å². The van der Waals surface area contributed by atoms with Gasteiger partial charge in [0.25, 0.3) is 16.8 Å². The van der Waals surface area contributed by atoms with Crippen LogP contribution in [-0.2, 0) is 4.79 Å². The predicted molar refractivity (Wildman–Crippen MR) is 137 cm³/mol. The molecule has 0 radical (unpaired) electrons. The smallest absolute Gasteiger partial charge is 0.318 e. The minimum Gasteiger partial charge on any atom is -0.493 e.